The zero-order valence-corrected chi connectivity index (χ0v) is 5.53. The Labute approximate surface area is 53.3 Å². The van der Waals surface area contributed by atoms with Crippen molar-refractivity contribution in [2.75, 3.05) is 0 Å². The number of hydrogen-bond acceptors (Lipinski definition) is 1. The first kappa shape index (κ1) is 8.40. The van der Waals surface area contributed by atoms with Crippen molar-refractivity contribution in [1.82, 2.24) is 0 Å². The number of ether oxygens (including phenoxy) is 1. The summed E-state index contributed by atoms with van der Waals surface area (Å²) >= 11 is 0. The summed E-state index contributed by atoms with van der Waals surface area (Å²) in [6.45, 7) is 3.61. The van der Waals surface area contributed by atoms with Crippen LogP contribution in [0.3, 0.4) is 0 Å². The maximum absolute atomic E-state index is 11.3. The second-order valence-electron chi connectivity index (χ2n) is 1.76. The van der Waals surface area contributed by atoms with Gasteiger partial charge in [-0.3, -0.25) is 0 Å². The Balaban J connectivity index is 3.37. The fourth-order valence-corrected chi connectivity index (χ4v) is 0.264. The van der Waals surface area contributed by atoms with Gasteiger partial charge in [-0.15, -0.1) is 0 Å². The molecule has 0 saturated heterocycles. The maximum atomic E-state index is 11.3. The van der Waals surface area contributed by atoms with Crippen LogP contribution in [0.15, 0.2) is 12.3 Å². The van der Waals surface area contributed by atoms with Gasteiger partial charge in [0.05, 0.1) is 6.10 Å². The van der Waals surface area contributed by atoms with Gasteiger partial charge in [-0.05, 0) is 13.3 Å². The number of rotatable bonds is 3. The first-order valence-electron chi connectivity index (χ1n) is 2.83. The third-order valence-electron chi connectivity index (χ3n) is 0.964. The van der Waals surface area contributed by atoms with Crippen molar-refractivity contribution in [1.29, 1.82) is 0 Å². The molecule has 0 aromatic heterocycles. The van der Waals surface area contributed by atoms with Crippen molar-refractivity contribution in [3.8, 4) is 0 Å². The van der Waals surface area contributed by atoms with Gasteiger partial charge in [-0.2, -0.15) is 8.78 Å². The predicted molar refractivity (Wildman–Crippen MR) is 31.1 cm³/mol. The van der Waals surface area contributed by atoms with Crippen LogP contribution in [-0.2, 0) is 4.74 Å². The highest BCUT2D eigenvalue weighted by Crippen LogP contribution is 2.01. The quantitative estimate of drug-likeness (QED) is 0.542. The molecule has 1 atom stereocenters. The Morgan fingerprint density at radius 2 is 2.22 bits per heavy atom. The zero-order chi connectivity index (χ0) is 7.28. The van der Waals surface area contributed by atoms with Gasteiger partial charge < -0.3 is 4.74 Å². The lowest BCUT2D eigenvalue weighted by atomic mass is 10.3. The molecule has 54 valence electrons. The summed E-state index contributed by atoms with van der Waals surface area (Å²) in [5.41, 5.74) is 0. The molecule has 0 aliphatic rings. The summed E-state index contributed by atoms with van der Waals surface area (Å²) in [5.74, 6) is 0. The van der Waals surface area contributed by atoms with E-state index >= 15 is 0 Å². The Hall–Kier alpha value is -0.600. The van der Waals surface area contributed by atoms with Gasteiger partial charge in [-0.25, -0.2) is 0 Å². The molecule has 0 bridgehead atoms. The van der Waals surface area contributed by atoms with E-state index in [1.807, 2.05) is 6.92 Å². The predicted octanol–water partition coefficient (Wildman–Crippen LogP) is 2.54. The van der Waals surface area contributed by atoms with Gasteiger partial charge in [-0.1, -0.05) is 6.92 Å². The minimum absolute atomic E-state index is 0.119. The topological polar surface area (TPSA) is 9.23 Å². The fourth-order valence-electron chi connectivity index (χ4n) is 0.264. The van der Waals surface area contributed by atoms with Crippen molar-refractivity contribution in [2.45, 2.75) is 26.4 Å². The standard InChI is InChI=1S/C6H10F2O/c1-3-5(2)9-4-6(7)8/h4-5H,3H2,1-2H3. The van der Waals surface area contributed by atoms with Crippen molar-refractivity contribution in [3.05, 3.63) is 12.3 Å². The van der Waals surface area contributed by atoms with Gasteiger partial charge in [0, 0.05) is 0 Å². The van der Waals surface area contributed by atoms with E-state index in [2.05, 4.69) is 4.74 Å². The van der Waals surface area contributed by atoms with Crippen LogP contribution in [0.2, 0.25) is 0 Å². The number of halogens is 2. The zero-order valence-electron chi connectivity index (χ0n) is 5.53. The third kappa shape index (κ3) is 5.27. The molecule has 0 spiro atoms. The Morgan fingerprint density at radius 3 is 2.56 bits per heavy atom. The molecule has 0 fully saturated rings. The monoisotopic (exact) mass is 136 g/mol. The van der Waals surface area contributed by atoms with Gasteiger partial charge in [0.1, 0.15) is 6.26 Å². The normalized spacial score (nSPS) is 12.4. The summed E-state index contributed by atoms with van der Waals surface area (Å²) in [4.78, 5) is 0. The summed E-state index contributed by atoms with van der Waals surface area (Å²) in [7, 11) is 0. The average Bonchev–Trinajstić information content (AvgIpc) is 1.83. The van der Waals surface area contributed by atoms with E-state index in [0.717, 1.165) is 6.42 Å². The molecule has 9 heavy (non-hydrogen) atoms. The van der Waals surface area contributed by atoms with E-state index in [-0.39, 0.29) is 6.10 Å². The van der Waals surface area contributed by atoms with Crippen molar-refractivity contribution < 1.29 is 13.5 Å². The lowest BCUT2D eigenvalue weighted by molar-refractivity contribution is 0.144. The summed E-state index contributed by atoms with van der Waals surface area (Å²) in [6.07, 6.45) is -0.681. The van der Waals surface area contributed by atoms with E-state index in [9.17, 15) is 8.78 Å². The molecule has 0 aromatic carbocycles. The average molecular weight is 136 g/mol. The van der Waals surface area contributed by atoms with Crippen LogP contribution in [0.1, 0.15) is 20.3 Å². The lowest BCUT2D eigenvalue weighted by Crippen LogP contribution is -2.00. The van der Waals surface area contributed by atoms with E-state index in [0.29, 0.717) is 6.26 Å². The van der Waals surface area contributed by atoms with Gasteiger partial charge in [0.2, 0.25) is 0 Å². The smallest absolute Gasteiger partial charge is 0.304 e. The van der Waals surface area contributed by atoms with Gasteiger partial charge in [0.25, 0.3) is 0 Å². The van der Waals surface area contributed by atoms with E-state index < -0.39 is 6.08 Å². The molecule has 0 heterocycles. The van der Waals surface area contributed by atoms with E-state index in [4.69, 9.17) is 0 Å². The molecular weight excluding hydrogens is 126 g/mol. The first-order chi connectivity index (χ1) is 4.16. The second kappa shape index (κ2) is 4.30. The van der Waals surface area contributed by atoms with Gasteiger partial charge in [0.15, 0.2) is 0 Å². The van der Waals surface area contributed by atoms with Crippen LogP contribution in [0.4, 0.5) is 8.78 Å². The number of hydrogen-bond donors (Lipinski definition) is 0. The van der Waals surface area contributed by atoms with E-state index in [1.54, 1.807) is 6.92 Å². The molecule has 3 heteroatoms. The lowest BCUT2D eigenvalue weighted by Gasteiger charge is -2.05. The SMILES string of the molecule is CCC(C)OC=C(F)F. The minimum Gasteiger partial charge on any atom is -0.493 e. The first-order valence-corrected chi connectivity index (χ1v) is 2.83. The Bertz CT molecular complexity index is 97.2. The molecule has 0 aliphatic heterocycles. The van der Waals surface area contributed by atoms with Crippen LogP contribution < -0.4 is 0 Å². The summed E-state index contributed by atoms with van der Waals surface area (Å²) in [5, 5.41) is 0. The fraction of sp³-hybridized carbons (Fsp3) is 0.667. The highest BCUT2D eigenvalue weighted by atomic mass is 19.3. The van der Waals surface area contributed by atoms with Crippen LogP contribution in [-0.4, -0.2) is 6.10 Å². The second-order valence-corrected chi connectivity index (χ2v) is 1.76. The third-order valence-corrected chi connectivity index (χ3v) is 0.964. The van der Waals surface area contributed by atoms with Gasteiger partial charge >= 0.3 is 6.08 Å². The molecule has 0 amide bonds. The summed E-state index contributed by atoms with van der Waals surface area (Å²) < 4.78 is 27.1. The molecule has 1 nitrogen and oxygen atoms in total. The van der Waals surface area contributed by atoms with Crippen molar-refractivity contribution in [3.63, 3.8) is 0 Å². The molecule has 0 saturated carbocycles. The minimum atomic E-state index is -1.78. The molecule has 0 radical (unpaired) electrons. The van der Waals surface area contributed by atoms with Crippen molar-refractivity contribution >= 4 is 0 Å². The van der Waals surface area contributed by atoms with Crippen LogP contribution in [0, 0.1) is 0 Å². The maximum Gasteiger partial charge on any atom is 0.304 e. The Kier molecular flexibility index (Phi) is 4.01. The summed E-state index contributed by atoms with van der Waals surface area (Å²) in [6, 6.07) is 0. The van der Waals surface area contributed by atoms with Crippen LogP contribution in [0.25, 0.3) is 0 Å². The molecule has 0 rings (SSSR count). The Morgan fingerprint density at radius 1 is 1.67 bits per heavy atom. The molecular formula is C6H10F2O. The molecule has 0 aromatic rings. The van der Waals surface area contributed by atoms with Crippen LogP contribution >= 0.6 is 0 Å². The largest absolute Gasteiger partial charge is 0.493 e. The molecule has 1 unspecified atom stereocenters. The van der Waals surface area contributed by atoms with Crippen molar-refractivity contribution in [2.24, 2.45) is 0 Å². The highest BCUT2D eigenvalue weighted by Gasteiger charge is 1.95. The molecule has 0 N–H and O–H groups in total. The molecule has 0 aliphatic carbocycles. The van der Waals surface area contributed by atoms with E-state index in [1.165, 1.54) is 0 Å². The highest BCUT2D eigenvalue weighted by molar-refractivity contribution is 4.70. The van der Waals surface area contributed by atoms with Crippen LogP contribution in [0.5, 0.6) is 0 Å².